The second-order valence-electron chi connectivity index (χ2n) is 5.57. The van der Waals surface area contributed by atoms with Crippen molar-refractivity contribution in [2.45, 2.75) is 39.4 Å². The molecule has 6 nitrogen and oxygen atoms in total. The lowest BCUT2D eigenvalue weighted by Crippen LogP contribution is -2.28. The highest BCUT2D eigenvalue weighted by Gasteiger charge is 2.32. The van der Waals surface area contributed by atoms with Gasteiger partial charge in [0.2, 0.25) is 11.8 Å². The van der Waals surface area contributed by atoms with E-state index in [4.69, 9.17) is 0 Å². The van der Waals surface area contributed by atoms with Crippen LogP contribution in [-0.2, 0) is 9.59 Å². The van der Waals surface area contributed by atoms with E-state index in [1.807, 2.05) is 45.9 Å². The van der Waals surface area contributed by atoms with Gasteiger partial charge < -0.3 is 10.6 Å². The maximum absolute atomic E-state index is 12.2. The largest absolute Gasteiger partial charge is 0.326 e. The van der Waals surface area contributed by atoms with Gasteiger partial charge in [0, 0.05) is 17.8 Å². The van der Waals surface area contributed by atoms with Crippen molar-refractivity contribution < 1.29 is 9.59 Å². The van der Waals surface area contributed by atoms with Gasteiger partial charge in [0.15, 0.2) is 5.17 Å². The smallest absolute Gasteiger partial charge is 0.240 e. The highest BCUT2D eigenvalue weighted by molar-refractivity contribution is 8.15. The molecule has 1 saturated heterocycles. The molecule has 0 bridgehead atoms. The van der Waals surface area contributed by atoms with Crippen LogP contribution in [0.5, 0.6) is 0 Å². The molecular weight excluding hydrogens is 312 g/mol. The van der Waals surface area contributed by atoms with Crippen molar-refractivity contribution in [2.75, 3.05) is 5.32 Å². The van der Waals surface area contributed by atoms with Gasteiger partial charge in [-0.25, -0.2) is 0 Å². The SMILES string of the molecule is CC(C)=NN=C1NC(=O)C(CC(=O)Nc2c(C)cccc2C)S1. The van der Waals surface area contributed by atoms with Gasteiger partial charge in [-0.1, -0.05) is 30.0 Å². The number of carbonyl (C=O) groups excluding carboxylic acids is 2. The van der Waals surface area contributed by atoms with Crippen molar-refractivity contribution in [3.63, 3.8) is 0 Å². The number of rotatable bonds is 4. The second kappa shape index (κ2) is 7.41. The number of benzene rings is 1. The molecule has 1 aromatic rings. The summed E-state index contributed by atoms with van der Waals surface area (Å²) in [6.07, 6.45) is 0.0954. The van der Waals surface area contributed by atoms with E-state index in [0.717, 1.165) is 22.5 Å². The van der Waals surface area contributed by atoms with Crippen LogP contribution in [0.1, 0.15) is 31.4 Å². The first-order valence-corrected chi connectivity index (χ1v) is 8.17. The molecule has 1 aliphatic heterocycles. The summed E-state index contributed by atoms with van der Waals surface area (Å²) in [5, 5.41) is 13.3. The topological polar surface area (TPSA) is 82.9 Å². The van der Waals surface area contributed by atoms with Crippen molar-refractivity contribution in [1.29, 1.82) is 0 Å². The summed E-state index contributed by atoms with van der Waals surface area (Å²) in [5.74, 6) is -0.402. The zero-order chi connectivity index (χ0) is 17.0. The highest BCUT2D eigenvalue weighted by atomic mass is 32.2. The molecule has 0 aliphatic carbocycles. The van der Waals surface area contributed by atoms with Crippen LogP contribution in [0.25, 0.3) is 0 Å². The Morgan fingerprint density at radius 3 is 2.57 bits per heavy atom. The van der Waals surface area contributed by atoms with Crippen LogP contribution in [-0.4, -0.2) is 27.9 Å². The molecule has 1 unspecified atom stereocenters. The van der Waals surface area contributed by atoms with Gasteiger partial charge in [-0.2, -0.15) is 5.10 Å². The predicted molar refractivity (Wildman–Crippen MR) is 94.9 cm³/mol. The van der Waals surface area contributed by atoms with Gasteiger partial charge in [-0.05, 0) is 38.8 Å². The lowest BCUT2D eigenvalue weighted by atomic mass is 10.1. The number of aryl methyl sites for hydroxylation is 2. The summed E-state index contributed by atoms with van der Waals surface area (Å²) in [5.41, 5.74) is 3.60. The van der Waals surface area contributed by atoms with Gasteiger partial charge in [0.25, 0.3) is 0 Å². The van der Waals surface area contributed by atoms with Crippen molar-refractivity contribution in [3.8, 4) is 0 Å². The standard InChI is InChI=1S/C16H20N4O2S/c1-9(2)19-20-16-18-15(22)12(23-16)8-13(21)17-14-10(3)6-5-7-11(14)4/h5-7,12H,8H2,1-4H3,(H,17,21)(H,18,20,22). The number of amidine groups is 1. The van der Waals surface area contributed by atoms with Crippen LogP contribution in [0.15, 0.2) is 28.4 Å². The van der Waals surface area contributed by atoms with Gasteiger partial charge in [0.05, 0.1) is 0 Å². The molecule has 7 heteroatoms. The fraction of sp³-hybridized carbons (Fsp3) is 0.375. The summed E-state index contributed by atoms with van der Waals surface area (Å²) in [6.45, 7) is 7.52. The first kappa shape index (κ1) is 17.2. The summed E-state index contributed by atoms with van der Waals surface area (Å²) in [7, 11) is 0. The molecule has 1 fully saturated rings. The molecule has 1 aromatic carbocycles. The first-order chi connectivity index (χ1) is 10.9. The molecule has 2 rings (SSSR count). The number of hydrogen-bond acceptors (Lipinski definition) is 5. The first-order valence-electron chi connectivity index (χ1n) is 7.29. The third-order valence-electron chi connectivity index (χ3n) is 3.23. The maximum Gasteiger partial charge on any atom is 0.240 e. The van der Waals surface area contributed by atoms with Crippen LogP contribution in [0, 0.1) is 13.8 Å². The summed E-state index contributed by atoms with van der Waals surface area (Å²) in [4.78, 5) is 24.1. The number of carbonyl (C=O) groups is 2. The zero-order valence-corrected chi connectivity index (χ0v) is 14.5. The van der Waals surface area contributed by atoms with Crippen molar-refractivity contribution in [1.82, 2.24) is 5.32 Å². The fourth-order valence-electron chi connectivity index (χ4n) is 2.10. The van der Waals surface area contributed by atoms with Crippen LogP contribution in [0.2, 0.25) is 0 Å². The van der Waals surface area contributed by atoms with E-state index in [9.17, 15) is 9.59 Å². The van der Waals surface area contributed by atoms with Gasteiger partial charge >= 0.3 is 0 Å². The van der Waals surface area contributed by atoms with Crippen LogP contribution in [0.4, 0.5) is 5.69 Å². The Hall–Kier alpha value is -2.15. The zero-order valence-electron chi connectivity index (χ0n) is 13.6. The number of nitrogens with zero attached hydrogens (tertiary/aromatic N) is 2. The average Bonchev–Trinajstić information content (AvgIpc) is 2.81. The van der Waals surface area contributed by atoms with E-state index < -0.39 is 5.25 Å². The molecule has 0 radical (unpaired) electrons. The Bertz CT molecular complexity index is 673. The van der Waals surface area contributed by atoms with Gasteiger partial charge in [-0.3, -0.25) is 9.59 Å². The van der Waals surface area contributed by atoms with Crippen LogP contribution in [0.3, 0.4) is 0 Å². The van der Waals surface area contributed by atoms with E-state index in [2.05, 4.69) is 20.8 Å². The molecule has 0 aromatic heterocycles. The number of anilines is 1. The molecule has 0 saturated carbocycles. The summed E-state index contributed by atoms with van der Waals surface area (Å²) >= 11 is 1.23. The molecule has 122 valence electrons. The van der Waals surface area contributed by atoms with Gasteiger partial charge in [-0.15, -0.1) is 5.10 Å². The molecule has 1 heterocycles. The molecule has 2 amide bonds. The Morgan fingerprint density at radius 1 is 1.30 bits per heavy atom. The lowest BCUT2D eigenvalue weighted by molar-refractivity contribution is -0.122. The normalized spacial score (nSPS) is 18.7. The third kappa shape index (κ3) is 4.66. The summed E-state index contributed by atoms with van der Waals surface area (Å²) < 4.78 is 0. The minimum absolute atomic E-state index is 0.0954. The highest BCUT2D eigenvalue weighted by Crippen LogP contribution is 2.24. The molecule has 23 heavy (non-hydrogen) atoms. The minimum atomic E-state index is -0.481. The molecular formula is C16H20N4O2S. The van der Waals surface area contributed by atoms with Crippen molar-refractivity contribution in [2.24, 2.45) is 10.2 Å². The number of amides is 2. The lowest BCUT2D eigenvalue weighted by Gasteiger charge is -2.12. The Labute approximate surface area is 139 Å². The van der Waals surface area contributed by atoms with E-state index in [-0.39, 0.29) is 18.2 Å². The van der Waals surface area contributed by atoms with Crippen molar-refractivity contribution >= 4 is 40.1 Å². The average molecular weight is 332 g/mol. The fourth-order valence-corrected chi connectivity index (χ4v) is 3.02. The third-order valence-corrected chi connectivity index (χ3v) is 4.31. The van der Waals surface area contributed by atoms with Gasteiger partial charge in [0.1, 0.15) is 5.25 Å². The molecule has 1 aliphatic rings. The van der Waals surface area contributed by atoms with E-state index >= 15 is 0 Å². The Morgan fingerprint density at radius 2 is 1.96 bits per heavy atom. The quantitative estimate of drug-likeness (QED) is 0.657. The molecule has 1 atom stereocenters. The second-order valence-corrected chi connectivity index (χ2v) is 6.76. The number of hydrogen-bond donors (Lipinski definition) is 2. The number of para-hydroxylation sites is 1. The van der Waals surface area contributed by atoms with Crippen LogP contribution < -0.4 is 10.6 Å². The predicted octanol–water partition coefficient (Wildman–Crippen LogP) is 2.62. The number of thioether (sulfide) groups is 1. The monoisotopic (exact) mass is 332 g/mol. The Balaban J connectivity index is 2.00. The Kier molecular flexibility index (Phi) is 5.54. The number of nitrogens with one attached hydrogen (secondary N) is 2. The van der Waals surface area contributed by atoms with E-state index in [1.54, 1.807) is 0 Å². The van der Waals surface area contributed by atoms with E-state index in [1.165, 1.54) is 11.8 Å². The molecule has 2 N–H and O–H groups in total. The molecule has 0 spiro atoms. The maximum atomic E-state index is 12.2. The van der Waals surface area contributed by atoms with Crippen LogP contribution >= 0.6 is 11.8 Å². The van der Waals surface area contributed by atoms with Crippen molar-refractivity contribution in [3.05, 3.63) is 29.3 Å². The minimum Gasteiger partial charge on any atom is -0.326 e. The summed E-state index contributed by atoms with van der Waals surface area (Å²) in [6, 6.07) is 5.82. The van der Waals surface area contributed by atoms with E-state index in [0.29, 0.717) is 5.17 Å².